The number of hydrogen-bond donors (Lipinski definition) is 4. The average Bonchev–Trinajstić information content (AvgIpc) is 3.57. The quantitative estimate of drug-likeness (QED) is 0.460. The van der Waals surface area contributed by atoms with Gasteiger partial charge in [0.05, 0.1) is 30.9 Å². The summed E-state index contributed by atoms with van der Waals surface area (Å²) in [6, 6.07) is 9.23. The molecule has 1 fully saturated rings. The normalized spacial score (nSPS) is 16.1. The first-order chi connectivity index (χ1) is 14.6. The Morgan fingerprint density at radius 1 is 1.37 bits per heavy atom. The second-order valence-electron chi connectivity index (χ2n) is 6.97. The van der Waals surface area contributed by atoms with Crippen molar-refractivity contribution in [3.8, 4) is 0 Å². The number of hydrogen-bond acceptors (Lipinski definition) is 8. The van der Waals surface area contributed by atoms with Crippen molar-refractivity contribution in [3.63, 3.8) is 0 Å². The van der Waals surface area contributed by atoms with Crippen molar-refractivity contribution in [1.82, 2.24) is 20.6 Å². The smallest absolute Gasteiger partial charge is 0.224 e. The first-order valence-electron chi connectivity index (χ1n) is 9.59. The Balaban J connectivity index is 1.38. The van der Waals surface area contributed by atoms with Gasteiger partial charge in [-0.15, -0.1) is 0 Å². The molecule has 1 saturated carbocycles. The summed E-state index contributed by atoms with van der Waals surface area (Å²) in [6.07, 6.45) is 7.30. The molecule has 1 atom stereocenters. The van der Waals surface area contributed by atoms with Gasteiger partial charge in [-0.25, -0.2) is 9.99 Å². The molecule has 2 aliphatic rings. The topological polar surface area (TPSA) is 97.7 Å². The predicted molar refractivity (Wildman–Crippen MR) is 118 cm³/mol. The SMILES string of the molecule is C=C(NC1=C=CN(c2ccnc(NC3CC3)n2)N=C1)NC(CO)c1cccc(Cl)c1. The minimum absolute atomic E-state index is 0.108. The molecule has 8 nitrogen and oxygen atoms in total. The fourth-order valence-electron chi connectivity index (χ4n) is 2.84. The third-order valence-electron chi connectivity index (χ3n) is 4.51. The molecular weight excluding hydrogens is 402 g/mol. The lowest BCUT2D eigenvalue weighted by atomic mass is 10.1. The fraction of sp³-hybridized carbons (Fsp3) is 0.238. The number of nitrogens with zero attached hydrogens (tertiary/aromatic N) is 4. The summed E-state index contributed by atoms with van der Waals surface area (Å²) in [5, 5.41) is 25.8. The molecule has 1 unspecified atom stereocenters. The number of benzene rings is 1. The maximum atomic E-state index is 9.71. The van der Waals surface area contributed by atoms with E-state index in [-0.39, 0.29) is 12.6 Å². The molecule has 4 rings (SSSR count). The van der Waals surface area contributed by atoms with E-state index < -0.39 is 0 Å². The Labute approximate surface area is 179 Å². The second-order valence-corrected chi connectivity index (χ2v) is 7.41. The lowest BCUT2D eigenvalue weighted by Gasteiger charge is -2.21. The van der Waals surface area contributed by atoms with Crippen molar-refractivity contribution in [2.24, 2.45) is 5.10 Å². The number of halogens is 1. The van der Waals surface area contributed by atoms with Crippen LogP contribution in [0.2, 0.25) is 5.02 Å². The van der Waals surface area contributed by atoms with Crippen LogP contribution >= 0.6 is 11.6 Å². The average molecular weight is 424 g/mol. The van der Waals surface area contributed by atoms with Gasteiger partial charge in [0.25, 0.3) is 0 Å². The molecule has 2 aromatic rings. The lowest BCUT2D eigenvalue weighted by Crippen LogP contribution is -2.31. The number of aromatic nitrogens is 2. The van der Waals surface area contributed by atoms with Crippen LogP contribution in [0, 0.1) is 0 Å². The first-order valence-corrected chi connectivity index (χ1v) is 9.97. The molecule has 30 heavy (non-hydrogen) atoms. The summed E-state index contributed by atoms with van der Waals surface area (Å²) >= 11 is 6.04. The molecule has 1 aliphatic carbocycles. The Morgan fingerprint density at radius 3 is 2.93 bits per heavy atom. The minimum Gasteiger partial charge on any atom is -0.394 e. The van der Waals surface area contributed by atoms with Crippen molar-refractivity contribution >= 4 is 29.6 Å². The van der Waals surface area contributed by atoms with Crippen LogP contribution in [0.4, 0.5) is 11.8 Å². The predicted octanol–water partition coefficient (Wildman–Crippen LogP) is 2.89. The van der Waals surface area contributed by atoms with E-state index in [2.05, 4.69) is 43.3 Å². The highest BCUT2D eigenvalue weighted by molar-refractivity contribution is 6.30. The first kappa shape index (κ1) is 20.0. The Hall–Kier alpha value is -3.32. The molecule has 1 aromatic heterocycles. The van der Waals surface area contributed by atoms with Crippen LogP contribution in [0.15, 0.2) is 71.7 Å². The standard InChI is InChI=1S/C21H22ClN7O/c1-14(26-19(13-30)15-3-2-4-16(22)11-15)25-18-8-10-29(24-12-18)20-7-9-23-21(28-20)27-17-5-6-17/h2-4,7,9-12,17,19,25-26,30H,1,5-6,13H2,(H,23,27,28). The Bertz CT molecular complexity index is 1030. The molecule has 9 heteroatoms. The number of rotatable bonds is 9. The zero-order valence-corrected chi connectivity index (χ0v) is 17.0. The van der Waals surface area contributed by atoms with Gasteiger partial charge in [-0.2, -0.15) is 10.1 Å². The van der Waals surface area contributed by atoms with Gasteiger partial charge in [0.2, 0.25) is 5.95 Å². The van der Waals surface area contributed by atoms with Crippen molar-refractivity contribution < 1.29 is 5.11 Å². The zero-order chi connectivity index (χ0) is 20.9. The van der Waals surface area contributed by atoms with Gasteiger partial charge in [-0.05, 0) is 30.5 Å². The maximum absolute atomic E-state index is 9.71. The number of anilines is 2. The van der Waals surface area contributed by atoms with E-state index in [0.29, 0.717) is 34.3 Å². The molecule has 0 amide bonds. The van der Waals surface area contributed by atoms with Crippen LogP contribution in [0.25, 0.3) is 0 Å². The van der Waals surface area contributed by atoms with Crippen molar-refractivity contribution in [3.05, 3.63) is 77.1 Å². The molecule has 0 saturated heterocycles. The third-order valence-corrected chi connectivity index (χ3v) is 4.74. The largest absolute Gasteiger partial charge is 0.394 e. The molecule has 1 aliphatic heterocycles. The molecule has 0 spiro atoms. The van der Waals surface area contributed by atoms with Crippen molar-refractivity contribution in [2.45, 2.75) is 24.9 Å². The summed E-state index contributed by atoms with van der Waals surface area (Å²) in [7, 11) is 0. The van der Waals surface area contributed by atoms with Crippen LogP contribution < -0.4 is 21.0 Å². The van der Waals surface area contributed by atoms with Crippen LogP contribution in [0.3, 0.4) is 0 Å². The summed E-state index contributed by atoms with van der Waals surface area (Å²) in [6.45, 7) is 3.85. The van der Waals surface area contributed by atoms with Gasteiger partial charge in [-0.1, -0.05) is 36.0 Å². The number of allylic oxidation sites excluding steroid dienone is 1. The summed E-state index contributed by atoms with van der Waals surface area (Å²) < 4.78 is 0. The van der Waals surface area contributed by atoms with E-state index in [9.17, 15) is 5.11 Å². The molecule has 2 heterocycles. The zero-order valence-electron chi connectivity index (χ0n) is 16.2. The number of hydrazone groups is 1. The molecule has 1 aromatic carbocycles. The van der Waals surface area contributed by atoms with Crippen LogP contribution in [0.5, 0.6) is 0 Å². The third kappa shape index (κ3) is 5.18. The van der Waals surface area contributed by atoms with Gasteiger partial charge in [0, 0.05) is 23.3 Å². The van der Waals surface area contributed by atoms with E-state index in [1.807, 2.05) is 12.1 Å². The number of aliphatic hydroxyl groups excluding tert-OH is 1. The second kappa shape index (κ2) is 9.00. The Kier molecular flexibility index (Phi) is 5.99. The van der Waals surface area contributed by atoms with Gasteiger partial charge >= 0.3 is 0 Å². The van der Waals surface area contributed by atoms with Gasteiger partial charge in [0.1, 0.15) is 5.70 Å². The highest BCUT2D eigenvalue weighted by Crippen LogP contribution is 2.24. The monoisotopic (exact) mass is 423 g/mol. The highest BCUT2D eigenvalue weighted by atomic mass is 35.5. The van der Waals surface area contributed by atoms with Crippen molar-refractivity contribution in [2.75, 3.05) is 16.9 Å². The molecule has 4 N–H and O–H groups in total. The lowest BCUT2D eigenvalue weighted by molar-refractivity contribution is 0.250. The van der Waals surface area contributed by atoms with E-state index in [0.717, 1.165) is 18.4 Å². The number of aliphatic hydroxyl groups is 1. The fourth-order valence-corrected chi connectivity index (χ4v) is 3.04. The molecule has 154 valence electrons. The van der Waals surface area contributed by atoms with E-state index in [1.165, 1.54) is 0 Å². The van der Waals surface area contributed by atoms with Crippen LogP contribution in [-0.2, 0) is 0 Å². The van der Waals surface area contributed by atoms with Gasteiger partial charge < -0.3 is 21.1 Å². The number of nitrogens with one attached hydrogen (secondary N) is 3. The molecule has 0 bridgehead atoms. The van der Waals surface area contributed by atoms with E-state index in [4.69, 9.17) is 11.6 Å². The maximum Gasteiger partial charge on any atom is 0.224 e. The molecular formula is C21H22ClN7O. The summed E-state index contributed by atoms with van der Waals surface area (Å²) in [5.74, 6) is 1.75. The summed E-state index contributed by atoms with van der Waals surface area (Å²) in [4.78, 5) is 8.71. The van der Waals surface area contributed by atoms with Gasteiger partial charge in [0.15, 0.2) is 5.82 Å². The summed E-state index contributed by atoms with van der Waals surface area (Å²) in [5.41, 5.74) is 4.59. The van der Waals surface area contributed by atoms with Crippen LogP contribution in [0.1, 0.15) is 24.4 Å². The Morgan fingerprint density at radius 2 is 2.23 bits per heavy atom. The highest BCUT2D eigenvalue weighted by Gasteiger charge is 2.22. The van der Waals surface area contributed by atoms with Gasteiger partial charge in [-0.3, -0.25) is 0 Å². The minimum atomic E-state index is -0.344. The van der Waals surface area contributed by atoms with E-state index >= 15 is 0 Å². The van der Waals surface area contributed by atoms with Crippen molar-refractivity contribution in [1.29, 1.82) is 0 Å². The van der Waals surface area contributed by atoms with Crippen LogP contribution in [-0.4, -0.2) is 33.9 Å². The molecule has 0 radical (unpaired) electrons. The van der Waals surface area contributed by atoms with E-state index in [1.54, 1.807) is 41.8 Å².